The van der Waals surface area contributed by atoms with E-state index in [4.69, 9.17) is 33.5 Å². The molecule has 0 aliphatic heterocycles. The first kappa shape index (κ1) is 26.4. The fourth-order valence-corrected chi connectivity index (χ4v) is 1.71. The molecule has 0 radical (unpaired) electrons. The van der Waals surface area contributed by atoms with Crippen LogP contribution < -0.4 is 0 Å². The number of carbonyl (C=O) groups excluding carboxylic acids is 2. The molecule has 0 aromatic heterocycles. The van der Waals surface area contributed by atoms with Gasteiger partial charge in [-0.1, -0.05) is 0 Å². The van der Waals surface area contributed by atoms with E-state index in [9.17, 15) is 14.4 Å². The Morgan fingerprint density at radius 3 is 1.54 bits per heavy atom. The molecule has 0 heterocycles. The monoisotopic (exact) mass is 408 g/mol. The van der Waals surface area contributed by atoms with Crippen molar-refractivity contribution in [3.63, 3.8) is 0 Å². The van der Waals surface area contributed by atoms with Crippen molar-refractivity contribution in [2.75, 3.05) is 66.1 Å². The number of ether oxygens (including phenoxy) is 6. The van der Waals surface area contributed by atoms with Crippen LogP contribution in [0.15, 0.2) is 0 Å². The van der Waals surface area contributed by atoms with Gasteiger partial charge in [0.15, 0.2) is 0 Å². The molecule has 0 aromatic carbocycles. The predicted molar refractivity (Wildman–Crippen MR) is 97.2 cm³/mol. The maximum Gasteiger partial charge on any atom is 0.372 e. The smallest absolute Gasteiger partial charge is 0.372 e. The van der Waals surface area contributed by atoms with Crippen molar-refractivity contribution < 1.29 is 47.9 Å². The summed E-state index contributed by atoms with van der Waals surface area (Å²) in [6.45, 7) is 7.91. The van der Waals surface area contributed by atoms with Crippen LogP contribution in [0.5, 0.6) is 0 Å². The lowest BCUT2D eigenvalue weighted by atomic mass is 10.2. The van der Waals surface area contributed by atoms with Gasteiger partial charge in [0.2, 0.25) is 5.78 Å². The van der Waals surface area contributed by atoms with Crippen LogP contribution in [0, 0.1) is 0 Å². The first-order chi connectivity index (χ1) is 13.4. The van der Waals surface area contributed by atoms with Crippen molar-refractivity contribution in [3.05, 3.63) is 0 Å². The van der Waals surface area contributed by atoms with E-state index >= 15 is 0 Å². The summed E-state index contributed by atoms with van der Waals surface area (Å²) in [6.07, 6.45) is -0.424. The van der Waals surface area contributed by atoms with E-state index in [2.05, 4.69) is 0 Å². The number of carboxylic acids is 1. The SMILES string of the molecule is CC(C)OCCOCCOCCOCCOCCOC(=O)CCC(=O)C(=O)O. The first-order valence-electron chi connectivity index (χ1n) is 9.27. The summed E-state index contributed by atoms with van der Waals surface area (Å²) in [4.78, 5) is 32.4. The van der Waals surface area contributed by atoms with Crippen LogP contribution in [0.3, 0.4) is 0 Å². The van der Waals surface area contributed by atoms with Gasteiger partial charge in [-0.05, 0) is 13.8 Å². The number of rotatable bonds is 20. The van der Waals surface area contributed by atoms with Gasteiger partial charge in [0, 0.05) is 6.42 Å². The molecule has 1 N–H and O–H groups in total. The average molecular weight is 408 g/mol. The second-order valence-electron chi connectivity index (χ2n) is 5.82. The van der Waals surface area contributed by atoms with Crippen molar-refractivity contribution in [1.82, 2.24) is 0 Å². The minimum atomic E-state index is -1.55. The van der Waals surface area contributed by atoms with E-state index in [1.807, 2.05) is 13.8 Å². The third kappa shape index (κ3) is 19.2. The fraction of sp³-hybridized carbons (Fsp3) is 0.833. The van der Waals surface area contributed by atoms with Gasteiger partial charge in [-0.25, -0.2) is 4.79 Å². The highest BCUT2D eigenvalue weighted by molar-refractivity contribution is 6.32. The Labute approximate surface area is 165 Å². The Kier molecular flexibility index (Phi) is 17.7. The van der Waals surface area contributed by atoms with Gasteiger partial charge in [0.25, 0.3) is 0 Å². The van der Waals surface area contributed by atoms with Crippen molar-refractivity contribution >= 4 is 17.7 Å². The second kappa shape index (κ2) is 18.8. The Morgan fingerprint density at radius 1 is 0.679 bits per heavy atom. The van der Waals surface area contributed by atoms with Gasteiger partial charge in [-0.2, -0.15) is 0 Å². The molecule has 0 aliphatic rings. The van der Waals surface area contributed by atoms with Gasteiger partial charge in [0.1, 0.15) is 6.61 Å². The third-order valence-corrected chi connectivity index (χ3v) is 3.08. The minimum absolute atomic E-state index is 0.0331. The average Bonchev–Trinajstić information content (AvgIpc) is 2.65. The van der Waals surface area contributed by atoms with Crippen LogP contribution in [-0.2, 0) is 42.8 Å². The highest BCUT2D eigenvalue weighted by Gasteiger charge is 2.14. The standard InChI is InChI=1S/C18H32O10/c1-15(2)27-13-11-25-9-7-23-5-6-24-8-10-26-12-14-28-17(20)4-3-16(19)18(21)22/h15H,3-14H2,1-2H3,(H,21,22). The van der Waals surface area contributed by atoms with E-state index in [0.717, 1.165) is 0 Å². The van der Waals surface area contributed by atoms with Crippen LogP contribution in [-0.4, -0.2) is 95.0 Å². The highest BCUT2D eigenvalue weighted by Crippen LogP contribution is 1.95. The molecule has 0 aliphatic carbocycles. The van der Waals surface area contributed by atoms with E-state index in [-0.39, 0.29) is 32.2 Å². The molecule has 0 spiro atoms. The number of Topliss-reactive ketones (excluding diaryl/α,β-unsaturated/α-hetero) is 1. The molecule has 0 bridgehead atoms. The maximum atomic E-state index is 11.3. The zero-order valence-electron chi connectivity index (χ0n) is 16.7. The number of carbonyl (C=O) groups is 3. The van der Waals surface area contributed by atoms with E-state index in [1.54, 1.807) is 0 Å². The van der Waals surface area contributed by atoms with Crippen molar-refractivity contribution in [1.29, 1.82) is 0 Å². The maximum absolute atomic E-state index is 11.3. The lowest BCUT2D eigenvalue weighted by Crippen LogP contribution is -2.17. The number of aliphatic carboxylic acids is 1. The summed E-state index contributed by atoms with van der Waals surface area (Å²) < 4.78 is 31.3. The third-order valence-electron chi connectivity index (χ3n) is 3.08. The van der Waals surface area contributed by atoms with Crippen LogP contribution in [0.1, 0.15) is 26.7 Å². The fourth-order valence-electron chi connectivity index (χ4n) is 1.71. The molecule has 0 atom stereocenters. The highest BCUT2D eigenvalue weighted by atomic mass is 16.6. The Hall–Kier alpha value is -1.59. The Morgan fingerprint density at radius 2 is 1.11 bits per heavy atom. The summed E-state index contributed by atoms with van der Waals surface area (Å²) >= 11 is 0. The lowest BCUT2D eigenvalue weighted by Gasteiger charge is -2.09. The van der Waals surface area contributed by atoms with Gasteiger partial charge in [0.05, 0.1) is 72.0 Å². The number of esters is 1. The zero-order valence-corrected chi connectivity index (χ0v) is 16.7. The van der Waals surface area contributed by atoms with Crippen molar-refractivity contribution in [3.8, 4) is 0 Å². The minimum Gasteiger partial charge on any atom is -0.476 e. The van der Waals surface area contributed by atoms with Crippen LogP contribution in [0.4, 0.5) is 0 Å². The summed E-state index contributed by atoms with van der Waals surface area (Å²) in [5.41, 5.74) is 0. The molecule has 0 amide bonds. The first-order valence-corrected chi connectivity index (χ1v) is 9.27. The van der Waals surface area contributed by atoms with E-state index in [1.165, 1.54) is 0 Å². The van der Waals surface area contributed by atoms with E-state index < -0.39 is 17.7 Å². The molecular weight excluding hydrogens is 376 g/mol. The molecule has 0 saturated carbocycles. The number of hydrogen-bond donors (Lipinski definition) is 1. The van der Waals surface area contributed by atoms with Crippen LogP contribution in [0.2, 0.25) is 0 Å². The largest absolute Gasteiger partial charge is 0.476 e. The Balaban J connectivity index is 3.20. The van der Waals surface area contributed by atoms with Gasteiger partial charge in [-0.3, -0.25) is 9.59 Å². The van der Waals surface area contributed by atoms with Crippen molar-refractivity contribution in [2.45, 2.75) is 32.8 Å². The van der Waals surface area contributed by atoms with Gasteiger partial charge < -0.3 is 33.5 Å². The molecule has 0 fully saturated rings. The zero-order chi connectivity index (χ0) is 21.0. The molecule has 28 heavy (non-hydrogen) atoms. The number of carboxylic acid groups (broad SMARTS) is 1. The summed E-state index contributed by atoms with van der Waals surface area (Å²) in [6, 6.07) is 0. The molecule has 164 valence electrons. The molecule has 0 aromatic rings. The lowest BCUT2D eigenvalue weighted by molar-refractivity contribution is -0.151. The Bertz CT molecular complexity index is 425. The number of ketones is 1. The molecular formula is C18H32O10. The molecule has 0 saturated heterocycles. The second-order valence-corrected chi connectivity index (χ2v) is 5.82. The molecule has 10 heteroatoms. The summed E-state index contributed by atoms with van der Waals surface area (Å²) in [5, 5.41) is 8.38. The summed E-state index contributed by atoms with van der Waals surface area (Å²) in [5.74, 6) is -3.21. The van der Waals surface area contributed by atoms with Crippen LogP contribution in [0.25, 0.3) is 0 Å². The summed E-state index contributed by atoms with van der Waals surface area (Å²) in [7, 11) is 0. The quantitative estimate of drug-likeness (QED) is 0.172. The topological polar surface area (TPSA) is 127 Å². The van der Waals surface area contributed by atoms with Crippen LogP contribution >= 0.6 is 0 Å². The molecule has 0 unspecified atom stereocenters. The van der Waals surface area contributed by atoms with Crippen molar-refractivity contribution in [2.24, 2.45) is 0 Å². The predicted octanol–water partition coefficient (Wildman–Crippen LogP) is 0.455. The number of hydrogen-bond acceptors (Lipinski definition) is 9. The molecule has 10 nitrogen and oxygen atoms in total. The normalized spacial score (nSPS) is 11.0. The van der Waals surface area contributed by atoms with Gasteiger partial charge in [-0.15, -0.1) is 0 Å². The van der Waals surface area contributed by atoms with E-state index in [0.29, 0.717) is 52.9 Å². The molecule has 0 rings (SSSR count). The van der Waals surface area contributed by atoms with Gasteiger partial charge >= 0.3 is 11.9 Å².